The largest absolute Gasteiger partial charge is 0.468 e. The van der Waals surface area contributed by atoms with E-state index in [2.05, 4.69) is 20.3 Å². The van der Waals surface area contributed by atoms with Gasteiger partial charge in [0.25, 0.3) is 6.47 Å². The quantitative estimate of drug-likeness (QED) is 0.408. The number of Topliss-reactive ketones (excluding diaryl/α,β-unsaturated/α-hetero) is 1. The SMILES string of the molecule is CNCC(=O)C(CCCOC=O)N1CCNCC1. The van der Waals surface area contributed by atoms with Crippen molar-refractivity contribution >= 4 is 12.3 Å². The Morgan fingerprint density at radius 2 is 2.22 bits per heavy atom. The van der Waals surface area contributed by atoms with Crippen LogP contribution in [0.5, 0.6) is 0 Å². The first-order valence-corrected chi connectivity index (χ1v) is 6.47. The Bertz CT molecular complexity index is 255. The van der Waals surface area contributed by atoms with Crippen LogP contribution < -0.4 is 10.6 Å². The molecule has 1 saturated heterocycles. The number of ether oxygens (including phenoxy) is 1. The predicted octanol–water partition coefficient (Wildman–Crippen LogP) is -0.998. The lowest BCUT2D eigenvalue weighted by molar-refractivity contribution is -0.128. The Balaban J connectivity index is 2.44. The summed E-state index contributed by atoms with van der Waals surface area (Å²) in [6.07, 6.45) is 1.47. The first-order valence-electron chi connectivity index (χ1n) is 6.47. The van der Waals surface area contributed by atoms with Gasteiger partial charge < -0.3 is 15.4 Å². The summed E-state index contributed by atoms with van der Waals surface area (Å²) in [5.41, 5.74) is 0. The van der Waals surface area contributed by atoms with Crippen molar-refractivity contribution in [3.63, 3.8) is 0 Å². The van der Waals surface area contributed by atoms with E-state index < -0.39 is 0 Å². The third kappa shape index (κ3) is 5.12. The van der Waals surface area contributed by atoms with E-state index in [-0.39, 0.29) is 11.8 Å². The number of nitrogens with zero attached hydrogens (tertiary/aromatic N) is 1. The lowest BCUT2D eigenvalue weighted by Crippen LogP contribution is -2.52. The van der Waals surface area contributed by atoms with Gasteiger partial charge in [-0.1, -0.05) is 0 Å². The summed E-state index contributed by atoms with van der Waals surface area (Å²) < 4.78 is 4.67. The summed E-state index contributed by atoms with van der Waals surface area (Å²) in [6.45, 7) is 4.88. The monoisotopic (exact) mass is 257 g/mol. The molecule has 1 fully saturated rings. The molecule has 0 aromatic carbocycles. The molecule has 0 saturated carbocycles. The zero-order valence-electron chi connectivity index (χ0n) is 11.0. The van der Waals surface area contributed by atoms with E-state index in [1.54, 1.807) is 7.05 Å². The van der Waals surface area contributed by atoms with E-state index in [0.29, 0.717) is 19.6 Å². The van der Waals surface area contributed by atoms with Crippen molar-refractivity contribution in [3.05, 3.63) is 0 Å². The van der Waals surface area contributed by atoms with E-state index in [9.17, 15) is 9.59 Å². The second-order valence-corrected chi connectivity index (χ2v) is 4.41. The summed E-state index contributed by atoms with van der Waals surface area (Å²) in [5, 5.41) is 6.19. The molecule has 1 atom stereocenters. The van der Waals surface area contributed by atoms with Crippen molar-refractivity contribution in [3.8, 4) is 0 Å². The number of rotatable bonds is 9. The van der Waals surface area contributed by atoms with Crippen LogP contribution >= 0.6 is 0 Å². The molecule has 1 heterocycles. The summed E-state index contributed by atoms with van der Waals surface area (Å²) >= 11 is 0. The number of ketones is 1. The van der Waals surface area contributed by atoms with E-state index in [1.165, 1.54) is 0 Å². The van der Waals surface area contributed by atoms with Crippen LogP contribution in [0.4, 0.5) is 0 Å². The van der Waals surface area contributed by atoms with Crippen molar-refractivity contribution in [1.82, 2.24) is 15.5 Å². The van der Waals surface area contributed by atoms with E-state index in [1.807, 2.05) is 0 Å². The van der Waals surface area contributed by atoms with Crippen molar-refractivity contribution in [2.24, 2.45) is 0 Å². The topological polar surface area (TPSA) is 70.7 Å². The minimum atomic E-state index is -0.0604. The van der Waals surface area contributed by atoms with Gasteiger partial charge in [-0.05, 0) is 19.9 Å². The molecule has 1 unspecified atom stereocenters. The molecule has 1 aliphatic heterocycles. The molecule has 0 aliphatic carbocycles. The zero-order valence-corrected chi connectivity index (χ0v) is 11.0. The number of carbonyl (C=O) groups excluding carboxylic acids is 2. The van der Waals surface area contributed by atoms with Gasteiger partial charge in [-0.25, -0.2) is 0 Å². The molecule has 6 nitrogen and oxygen atoms in total. The van der Waals surface area contributed by atoms with Crippen LogP contribution in [0.25, 0.3) is 0 Å². The standard InChI is InChI=1S/C12H23N3O3/c1-13-9-12(17)11(3-2-8-18-10-16)15-6-4-14-5-7-15/h10-11,13-14H,2-9H2,1H3. The van der Waals surface area contributed by atoms with Gasteiger partial charge in [0, 0.05) is 26.2 Å². The zero-order chi connectivity index (χ0) is 13.2. The van der Waals surface area contributed by atoms with Gasteiger partial charge in [0.15, 0.2) is 5.78 Å². The molecule has 18 heavy (non-hydrogen) atoms. The molecular weight excluding hydrogens is 234 g/mol. The van der Waals surface area contributed by atoms with Gasteiger partial charge in [0.2, 0.25) is 0 Å². The first kappa shape index (κ1) is 15.1. The third-order valence-electron chi connectivity index (χ3n) is 3.12. The fourth-order valence-corrected chi connectivity index (χ4v) is 2.24. The maximum absolute atomic E-state index is 12.1. The third-order valence-corrected chi connectivity index (χ3v) is 3.12. The highest BCUT2D eigenvalue weighted by Gasteiger charge is 2.25. The van der Waals surface area contributed by atoms with E-state index >= 15 is 0 Å². The predicted molar refractivity (Wildman–Crippen MR) is 68.4 cm³/mol. The van der Waals surface area contributed by atoms with Crippen LogP contribution in [0.3, 0.4) is 0 Å². The second kappa shape index (κ2) is 9.02. The number of hydrogen-bond acceptors (Lipinski definition) is 6. The smallest absolute Gasteiger partial charge is 0.293 e. The van der Waals surface area contributed by atoms with Gasteiger partial charge in [-0.3, -0.25) is 14.5 Å². The summed E-state index contributed by atoms with van der Waals surface area (Å²) in [7, 11) is 1.78. The minimum absolute atomic E-state index is 0.0604. The molecule has 1 rings (SSSR count). The molecule has 0 spiro atoms. The number of hydrogen-bond donors (Lipinski definition) is 2. The molecule has 6 heteroatoms. The molecule has 0 bridgehead atoms. The van der Waals surface area contributed by atoms with E-state index in [4.69, 9.17) is 0 Å². The molecule has 0 radical (unpaired) electrons. The van der Waals surface area contributed by atoms with Crippen molar-refractivity contribution in [2.75, 3.05) is 46.4 Å². The van der Waals surface area contributed by atoms with Gasteiger partial charge in [0.1, 0.15) is 0 Å². The lowest BCUT2D eigenvalue weighted by Gasteiger charge is -2.34. The van der Waals surface area contributed by atoms with Crippen LogP contribution in [-0.4, -0.2) is 69.6 Å². The Kier molecular flexibility index (Phi) is 7.55. The number of likely N-dealkylation sites (N-methyl/N-ethyl adjacent to an activating group) is 1. The fourth-order valence-electron chi connectivity index (χ4n) is 2.24. The summed E-state index contributed by atoms with van der Waals surface area (Å²) in [6, 6.07) is -0.0604. The maximum atomic E-state index is 12.1. The van der Waals surface area contributed by atoms with Crippen molar-refractivity contribution in [1.29, 1.82) is 0 Å². The van der Waals surface area contributed by atoms with Gasteiger partial charge in [-0.15, -0.1) is 0 Å². The molecule has 1 aliphatic rings. The average Bonchev–Trinajstić information content (AvgIpc) is 2.40. The Hall–Kier alpha value is -0.980. The molecule has 0 aromatic rings. The first-order chi connectivity index (χ1) is 8.79. The Morgan fingerprint density at radius 3 is 2.83 bits per heavy atom. The van der Waals surface area contributed by atoms with Crippen LogP contribution in [0.15, 0.2) is 0 Å². The highest BCUT2D eigenvalue weighted by atomic mass is 16.5. The average molecular weight is 257 g/mol. The molecule has 0 aromatic heterocycles. The van der Waals surface area contributed by atoms with Crippen molar-refractivity contribution in [2.45, 2.75) is 18.9 Å². The lowest BCUT2D eigenvalue weighted by atomic mass is 10.0. The Labute approximate surface area is 108 Å². The van der Waals surface area contributed by atoms with Crippen molar-refractivity contribution < 1.29 is 14.3 Å². The molecule has 0 amide bonds. The van der Waals surface area contributed by atoms with Crippen LogP contribution in [0.2, 0.25) is 0 Å². The maximum Gasteiger partial charge on any atom is 0.293 e. The fraction of sp³-hybridized carbons (Fsp3) is 0.833. The number of piperazine rings is 1. The Morgan fingerprint density at radius 1 is 1.50 bits per heavy atom. The van der Waals surface area contributed by atoms with Gasteiger partial charge in [0.05, 0.1) is 19.2 Å². The molecular formula is C12H23N3O3. The van der Waals surface area contributed by atoms with Crippen LogP contribution in [-0.2, 0) is 14.3 Å². The highest BCUT2D eigenvalue weighted by molar-refractivity contribution is 5.85. The molecule has 2 N–H and O–H groups in total. The summed E-state index contributed by atoms with van der Waals surface area (Å²) in [5.74, 6) is 0.213. The number of nitrogens with one attached hydrogen (secondary N) is 2. The second-order valence-electron chi connectivity index (χ2n) is 4.41. The number of carbonyl (C=O) groups is 2. The minimum Gasteiger partial charge on any atom is -0.468 e. The summed E-state index contributed by atoms with van der Waals surface area (Å²) in [4.78, 5) is 24.4. The van der Waals surface area contributed by atoms with E-state index in [0.717, 1.165) is 39.0 Å². The van der Waals surface area contributed by atoms with Crippen LogP contribution in [0.1, 0.15) is 12.8 Å². The van der Waals surface area contributed by atoms with Crippen LogP contribution in [0, 0.1) is 0 Å². The van der Waals surface area contributed by atoms with Gasteiger partial charge in [-0.2, -0.15) is 0 Å². The highest BCUT2D eigenvalue weighted by Crippen LogP contribution is 2.09. The van der Waals surface area contributed by atoms with Gasteiger partial charge >= 0.3 is 0 Å². The molecule has 104 valence electrons. The normalized spacial score (nSPS) is 18.3.